The number of rotatable bonds is 2. The molecule has 0 spiro atoms. The monoisotopic (exact) mass is 73.1 g/mol. The van der Waals surface area contributed by atoms with Crippen molar-refractivity contribution >= 4 is 6.41 Å². The summed E-state index contributed by atoms with van der Waals surface area (Å²) in [7, 11) is 0. The molecule has 1 amide bonds. The van der Waals surface area contributed by atoms with Crippen molar-refractivity contribution < 1.29 is 10.1 Å². The van der Waals surface area contributed by atoms with Crippen molar-refractivity contribution in [3.63, 3.8) is 0 Å². The molecule has 5 heavy (non-hydrogen) atoms. The molecule has 0 aromatic carbocycles. The van der Waals surface area contributed by atoms with Gasteiger partial charge in [-0.15, -0.1) is 0 Å². The normalized spacial score (nSPS) is 7.40. The summed E-state index contributed by atoms with van der Waals surface area (Å²) in [6.07, 6.45) is 1.64. The average Bonchev–Trinajstić information content (AvgIpc) is 1.41. The number of quaternary nitrogens is 1. The van der Waals surface area contributed by atoms with E-state index < -0.39 is 0 Å². The fraction of sp³-hybridized carbons (Fsp3) is 0.667. The summed E-state index contributed by atoms with van der Waals surface area (Å²) >= 11 is 0. The maximum Gasteiger partial charge on any atom is 0.0527 e. The first kappa shape index (κ1) is 4.63. The Kier molecular flexibility index (Phi) is 3.36. The van der Waals surface area contributed by atoms with Crippen molar-refractivity contribution in [2.45, 2.75) is 6.92 Å². The van der Waals surface area contributed by atoms with Crippen molar-refractivity contribution in [3.8, 4) is 0 Å². The van der Waals surface area contributed by atoms with E-state index in [0.717, 1.165) is 6.54 Å². The first-order valence-corrected chi connectivity index (χ1v) is 1.61. The van der Waals surface area contributed by atoms with Crippen molar-refractivity contribution in [3.05, 3.63) is 0 Å². The standard InChI is InChI=1S/C3H7NO/c1-2-4-3-5/h2,4H2,1H3. The summed E-state index contributed by atoms with van der Waals surface area (Å²) in [5.41, 5.74) is 0. The number of amides is 1. The zero-order chi connectivity index (χ0) is 4.12. The summed E-state index contributed by atoms with van der Waals surface area (Å²) in [6.45, 7) is 2.69. The Labute approximate surface area is 31.2 Å². The van der Waals surface area contributed by atoms with Gasteiger partial charge in [-0.05, 0) is 13.3 Å². The molecule has 0 heterocycles. The SMILES string of the molecule is CC[NH2+][C-]=O. The van der Waals surface area contributed by atoms with Crippen LogP contribution in [0.15, 0.2) is 0 Å². The van der Waals surface area contributed by atoms with Gasteiger partial charge in [-0.25, -0.2) is 0 Å². The van der Waals surface area contributed by atoms with Crippen molar-refractivity contribution in [1.82, 2.24) is 0 Å². The smallest absolute Gasteiger partial charge is 0.0527 e. The zero-order valence-electron chi connectivity index (χ0n) is 3.19. The number of hydrogen-bond donors (Lipinski definition) is 1. The number of primary amides is 1. The van der Waals surface area contributed by atoms with E-state index in [9.17, 15) is 4.79 Å². The molecule has 0 saturated carbocycles. The van der Waals surface area contributed by atoms with E-state index in [-0.39, 0.29) is 0 Å². The molecule has 0 aliphatic carbocycles. The first-order valence-electron chi connectivity index (χ1n) is 1.61. The lowest BCUT2D eigenvalue weighted by molar-refractivity contribution is -0.533. The van der Waals surface area contributed by atoms with Gasteiger partial charge in [-0.3, -0.25) is 0 Å². The van der Waals surface area contributed by atoms with Gasteiger partial charge in [-0.2, -0.15) is 0 Å². The third-order valence-corrected chi connectivity index (χ3v) is 0.287. The second-order valence-corrected chi connectivity index (χ2v) is 0.730. The highest BCUT2D eigenvalue weighted by Crippen LogP contribution is 1.20. The molecule has 0 radical (unpaired) electrons. The summed E-state index contributed by atoms with van der Waals surface area (Å²) in [4.78, 5) is 9.22. The third kappa shape index (κ3) is 3.63. The highest BCUT2D eigenvalue weighted by Gasteiger charge is 1.53. The Bertz CT molecular complexity index is 28.1. The van der Waals surface area contributed by atoms with E-state index in [1.807, 2.05) is 6.92 Å². The minimum absolute atomic E-state index is 0.795. The van der Waals surface area contributed by atoms with Crippen LogP contribution < -0.4 is 5.32 Å². The first-order chi connectivity index (χ1) is 2.41. The topological polar surface area (TPSA) is 33.7 Å². The van der Waals surface area contributed by atoms with E-state index in [1.54, 1.807) is 6.41 Å². The zero-order valence-corrected chi connectivity index (χ0v) is 3.19. The fourth-order valence-electron chi connectivity index (χ4n) is 0.0833. The van der Waals surface area contributed by atoms with E-state index in [1.165, 1.54) is 5.32 Å². The molecule has 30 valence electrons. The van der Waals surface area contributed by atoms with E-state index in [0.29, 0.717) is 0 Å². The quantitative estimate of drug-likeness (QED) is 0.402. The number of nitrogens with two attached hydrogens (primary N) is 1. The average molecular weight is 73.1 g/mol. The second kappa shape index (κ2) is 3.63. The summed E-state index contributed by atoms with van der Waals surface area (Å²) < 4.78 is 0. The molecule has 0 aromatic heterocycles. The molecule has 2 nitrogen and oxygen atoms in total. The van der Waals surface area contributed by atoms with Crippen molar-refractivity contribution in [1.29, 1.82) is 0 Å². The second-order valence-electron chi connectivity index (χ2n) is 0.730. The molecule has 0 aliphatic rings. The van der Waals surface area contributed by atoms with Gasteiger partial charge in [0.2, 0.25) is 0 Å². The molecule has 0 fully saturated rings. The van der Waals surface area contributed by atoms with Crippen molar-refractivity contribution in [2.75, 3.05) is 6.54 Å². The molecule has 2 N–H and O–H groups in total. The molecule has 0 atom stereocenters. The van der Waals surface area contributed by atoms with E-state index in [2.05, 4.69) is 0 Å². The van der Waals surface area contributed by atoms with Gasteiger partial charge in [0.25, 0.3) is 0 Å². The molecule has 0 aromatic rings. The minimum Gasteiger partial charge on any atom is -0.475 e. The van der Waals surface area contributed by atoms with Crippen LogP contribution in [-0.2, 0) is 4.79 Å². The molecular formula is C3H7NO. The number of carbonyl (C=O) groups excluding carboxylic acids is 1. The van der Waals surface area contributed by atoms with Gasteiger partial charge in [0.15, 0.2) is 0 Å². The van der Waals surface area contributed by atoms with Crippen LogP contribution in [0.25, 0.3) is 0 Å². The predicted octanol–water partition coefficient (Wildman–Crippen LogP) is -1.36. The molecule has 0 rings (SSSR count). The van der Waals surface area contributed by atoms with Crippen LogP contribution in [-0.4, -0.2) is 13.0 Å². The Hall–Kier alpha value is -0.370. The summed E-state index contributed by atoms with van der Waals surface area (Å²) in [6, 6.07) is 0. The Morgan fingerprint density at radius 3 is 2.60 bits per heavy atom. The van der Waals surface area contributed by atoms with Gasteiger partial charge in [0.05, 0.1) is 6.54 Å². The van der Waals surface area contributed by atoms with Gasteiger partial charge < -0.3 is 10.1 Å². The maximum absolute atomic E-state index is 9.22. The van der Waals surface area contributed by atoms with Crippen LogP contribution in [0, 0.1) is 0 Å². The van der Waals surface area contributed by atoms with Crippen LogP contribution in [0.5, 0.6) is 0 Å². The Morgan fingerprint density at radius 2 is 2.60 bits per heavy atom. The highest BCUT2D eigenvalue weighted by atomic mass is 16.1. The lowest BCUT2D eigenvalue weighted by Crippen LogP contribution is -2.81. The molecule has 0 bridgehead atoms. The third-order valence-electron chi connectivity index (χ3n) is 0.287. The van der Waals surface area contributed by atoms with Gasteiger partial charge >= 0.3 is 0 Å². The number of hydrogen-bond acceptors (Lipinski definition) is 1. The van der Waals surface area contributed by atoms with Crippen LogP contribution >= 0.6 is 0 Å². The maximum atomic E-state index is 9.22. The fourth-order valence-corrected chi connectivity index (χ4v) is 0.0833. The molecule has 2 heteroatoms. The van der Waals surface area contributed by atoms with Crippen LogP contribution in [0.1, 0.15) is 6.92 Å². The lowest BCUT2D eigenvalue weighted by atomic mass is 10.8. The van der Waals surface area contributed by atoms with Gasteiger partial charge in [-0.1, -0.05) is 0 Å². The lowest BCUT2D eigenvalue weighted by Gasteiger charge is -1.85. The molecule has 0 saturated heterocycles. The van der Waals surface area contributed by atoms with E-state index in [4.69, 9.17) is 0 Å². The summed E-state index contributed by atoms with van der Waals surface area (Å²) in [5.74, 6) is 0. The Balaban J connectivity index is 2.40. The molecule has 0 unspecified atom stereocenters. The van der Waals surface area contributed by atoms with Crippen LogP contribution in [0.4, 0.5) is 0 Å². The summed E-state index contributed by atoms with van der Waals surface area (Å²) in [5, 5.41) is 1.44. The van der Waals surface area contributed by atoms with E-state index >= 15 is 0 Å². The highest BCUT2D eigenvalue weighted by molar-refractivity contribution is 5.32. The van der Waals surface area contributed by atoms with Crippen molar-refractivity contribution in [2.24, 2.45) is 0 Å². The minimum atomic E-state index is 0.795. The van der Waals surface area contributed by atoms with Crippen LogP contribution in [0.2, 0.25) is 0 Å². The van der Waals surface area contributed by atoms with Gasteiger partial charge in [0, 0.05) is 0 Å². The largest absolute Gasteiger partial charge is 0.475 e. The van der Waals surface area contributed by atoms with Crippen LogP contribution in [0.3, 0.4) is 0 Å². The predicted molar refractivity (Wildman–Crippen MR) is 18.2 cm³/mol. The Morgan fingerprint density at radius 1 is 2.00 bits per heavy atom. The molecular weight excluding hydrogens is 66.0 g/mol. The molecule has 0 aliphatic heterocycles. The van der Waals surface area contributed by atoms with Gasteiger partial charge in [0.1, 0.15) is 0 Å².